The fraction of sp³-hybridized carbons (Fsp3) is 0.500. The van der Waals surface area contributed by atoms with E-state index in [4.69, 9.17) is 9.47 Å². The summed E-state index contributed by atoms with van der Waals surface area (Å²) in [6.45, 7) is 15.4. The van der Waals surface area contributed by atoms with Crippen LogP contribution < -0.4 is 4.74 Å². The second-order valence-corrected chi connectivity index (χ2v) is 11.5. The van der Waals surface area contributed by atoms with Gasteiger partial charge in [0.05, 0.1) is 31.4 Å². The lowest BCUT2D eigenvalue weighted by Crippen LogP contribution is -2.39. The molecular weight excluding hydrogens is 492 g/mol. The molecule has 0 spiro atoms. The van der Waals surface area contributed by atoms with E-state index < -0.39 is 17.7 Å². The van der Waals surface area contributed by atoms with Gasteiger partial charge in [0.1, 0.15) is 11.5 Å². The molecule has 1 amide bonds. The summed E-state index contributed by atoms with van der Waals surface area (Å²) in [6, 6.07) is 12.8. The van der Waals surface area contributed by atoms with Gasteiger partial charge in [-0.3, -0.25) is 14.5 Å². The molecule has 0 aromatic heterocycles. The van der Waals surface area contributed by atoms with Crippen molar-refractivity contribution in [2.45, 2.75) is 58.9 Å². The van der Waals surface area contributed by atoms with Crippen LogP contribution in [0.3, 0.4) is 0 Å². The van der Waals surface area contributed by atoms with E-state index in [1.165, 1.54) is 0 Å². The number of aliphatic hydroxyl groups is 1. The number of morpholine rings is 1. The van der Waals surface area contributed by atoms with E-state index in [9.17, 15) is 14.7 Å². The zero-order chi connectivity index (χ0) is 28.2. The first-order valence-corrected chi connectivity index (χ1v) is 14.0. The number of carbonyl (C=O) groups is 2. The summed E-state index contributed by atoms with van der Waals surface area (Å²) in [5.74, 6) is -0.643. The highest BCUT2D eigenvalue weighted by Crippen LogP contribution is 2.41. The zero-order valence-electron chi connectivity index (χ0n) is 24.0. The third-order valence-corrected chi connectivity index (χ3v) is 7.54. The van der Waals surface area contributed by atoms with Crippen molar-refractivity contribution in [1.82, 2.24) is 9.80 Å². The number of hydrogen-bond donors (Lipinski definition) is 1. The van der Waals surface area contributed by atoms with Gasteiger partial charge in [-0.05, 0) is 60.1 Å². The quantitative estimate of drug-likeness (QED) is 0.270. The zero-order valence-corrected chi connectivity index (χ0v) is 24.0. The fourth-order valence-electron chi connectivity index (χ4n) is 5.27. The summed E-state index contributed by atoms with van der Waals surface area (Å²) in [5, 5.41) is 11.5. The smallest absolute Gasteiger partial charge is 0.295 e. The van der Waals surface area contributed by atoms with Gasteiger partial charge in [0.25, 0.3) is 11.7 Å². The van der Waals surface area contributed by atoms with Crippen molar-refractivity contribution in [3.8, 4) is 5.75 Å². The molecule has 0 bridgehead atoms. The van der Waals surface area contributed by atoms with Crippen LogP contribution in [0.5, 0.6) is 5.75 Å². The highest BCUT2D eigenvalue weighted by molar-refractivity contribution is 6.46. The first-order valence-electron chi connectivity index (χ1n) is 14.0. The predicted molar refractivity (Wildman–Crippen MR) is 153 cm³/mol. The Kier molecular flexibility index (Phi) is 9.13. The maximum Gasteiger partial charge on any atom is 0.295 e. The van der Waals surface area contributed by atoms with Crippen LogP contribution in [0, 0.1) is 6.92 Å². The van der Waals surface area contributed by atoms with E-state index in [-0.39, 0.29) is 16.7 Å². The van der Waals surface area contributed by atoms with Gasteiger partial charge in [0.15, 0.2) is 0 Å². The van der Waals surface area contributed by atoms with Crippen LogP contribution in [0.15, 0.2) is 48.0 Å². The average molecular weight is 535 g/mol. The summed E-state index contributed by atoms with van der Waals surface area (Å²) >= 11 is 0. The molecule has 1 atom stereocenters. The van der Waals surface area contributed by atoms with Crippen LogP contribution in [0.4, 0.5) is 0 Å². The van der Waals surface area contributed by atoms with Gasteiger partial charge in [-0.2, -0.15) is 0 Å². The molecule has 39 heavy (non-hydrogen) atoms. The minimum atomic E-state index is -0.654. The number of hydrogen-bond acceptors (Lipinski definition) is 6. The molecule has 7 heteroatoms. The molecule has 2 fully saturated rings. The highest BCUT2D eigenvalue weighted by atomic mass is 16.5. The Balaban J connectivity index is 1.70. The highest BCUT2D eigenvalue weighted by Gasteiger charge is 2.46. The standard InChI is InChI=1S/C32H42N2O5/c1-6-18-39-25-12-13-26(22(2)21-25)29(35)27-28(23-8-10-24(11-9-23)32(3,4)5)34(31(37)30(27)36)15-7-14-33-16-19-38-20-17-33/h8-13,21,28,35H,6-7,14-20H2,1-5H3/b29-27-. The van der Waals surface area contributed by atoms with E-state index in [1.807, 2.05) is 44.2 Å². The number of ether oxygens (including phenoxy) is 2. The third kappa shape index (κ3) is 6.53. The van der Waals surface area contributed by atoms with Gasteiger partial charge in [-0.25, -0.2) is 0 Å². The van der Waals surface area contributed by atoms with Crippen molar-refractivity contribution in [3.05, 3.63) is 70.3 Å². The number of carbonyl (C=O) groups excluding carboxylic acids is 2. The summed E-state index contributed by atoms with van der Waals surface area (Å²) in [4.78, 5) is 30.8. The van der Waals surface area contributed by atoms with Gasteiger partial charge in [-0.1, -0.05) is 52.0 Å². The van der Waals surface area contributed by atoms with Gasteiger partial charge >= 0.3 is 0 Å². The monoisotopic (exact) mass is 534 g/mol. The topological polar surface area (TPSA) is 79.3 Å². The number of benzene rings is 2. The van der Waals surface area contributed by atoms with Crippen LogP contribution in [-0.2, 0) is 19.7 Å². The van der Waals surface area contributed by atoms with Crippen LogP contribution in [-0.4, -0.2) is 72.6 Å². The molecule has 1 unspecified atom stereocenters. The van der Waals surface area contributed by atoms with Crippen LogP contribution in [0.1, 0.15) is 68.8 Å². The normalized spacial score (nSPS) is 20.0. The van der Waals surface area contributed by atoms with E-state index in [0.29, 0.717) is 37.7 Å². The molecule has 2 saturated heterocycles. The third-order valence-electron chi connectivity index (χ3n) is 7.54. The lowest BCUT2D eigenvalue weighted by atomic mass is 9.85. The Labute approximate surface area is 232 Å². The Bertz CT molecular complexity index is 1210. The lowest BCUT2D eigenvalue weighted by Gasteiger charge is -2.29. The van der Waals surface area contributed by atoms with Crippen molar-refractivity contribution in [3.63, 3.8) is 0 Å². The number of likely N-dealkylation sites (tertiary alicyclic amines) is 1. The lowest BCUT2D eigenvalue weighted by molar-refractivity contribution is -0.140. The molecule has 4 rings (SSSR count). The van der Waals surface area contributed by atoms with Crippen molar-refractivity contribution in [1.29, 1.82) is 0 Å². The first kappa shape index (κ1) is 28.8. The predicted octanol–water partition coefficient (Wildman–Crippen LogP) is 5.23. The van der Waals surface area contributed by atoms with Crippen molar-refractivity contribution < 1.29 is 24.2 Å². The number of rotatable bonds is 9. The number of nitrogens with zero attached hydrogens (tertiary/aromatic N) is 2. The summed E-state index contributed by atoms with van der Waals surface area (Å²) in [6.07, 6.45) is 1.62. The Hall–Kier alpha value is -3.16. The van der Waals surface area contributed by atoms with Crippen LogP contribution >= 0.6 is 0 Å². The number of aliphatic hydroxyl groups excluding tert-OH is 1. The molecule has 2 aliphatic rings. The second-order valence-electron chi connectivity index (χ2n) is 11.5. The van der Waals surface area contributed by atoms with Crippen molar-refractivity contribution in [2.75, 3.05) is 46.0 Å². The number of ketones is 1. The Morgan fingerprint density at radius 3 is 2.36 bits per heavy atom. The molecule has 2 heterocycles. The van der Waals surface area contributed by atoms with Gasteiger partial charge in [0, 0.05) is 31.7 Å². The summed E-state index contributed by atoms with van der Waals surface area (Å²) in [5.41, 5.74) is 3.39. The largest absolute Gasteiger partial charge is 0.507 e. The molecule has 0 radical (unpaired) electrons. The van der Waals surface area contributed by atoms with Gasteiger partial charge in [-0.15, -0.1) is 0 Å². The molecule has 0 saturated carbocycles. The fourth-order valence-corrected chi connectivity index (χ4v) is 5.27. The SMILES string of the molecule is CCCOc1ccc(/C(O)=C2/C(=O)C(=O)N(CCCN3CCOCC3)C2c2ccc(C(C)(C)C)cc2)c(C)c1. The number of aryl methyl sites for hydroxylation is 1. The average Bonchev–Trinajstić information content (AvgIpc) is 3.17. The summed E-state index contributed by atoms with van der Waals surface area (Å²) in [7, 11) is 0. The van der Waals surface area contributed by atoms with E-state index in [0.717, 1.165) is 49.2 Å². The van der Waals surface area contributed by atoms with Gasteiger partial charge < -0.3 is 19.5 Å². The summed E-state index contributed by atoms with van der Waals surface area (Å²) < 4.78 is 11.2. The molecule has 2 aromatic rings. The van der Waals surface area contributed by atoms with E-state index in [2.05, 4.69) is 25.7 Å². The van der Waals surface area contributed by atoms with Gasteiger partial charge in [0.2, 0.25) is 0 Å². The molecule has 2 aromatic carbocycles. The molecule has 2 aliphatic heterocycles. The molecular formula is C32H42N2O5. The minimum Gasteiger partial charge on any atom is -0.507 e. The second kappa shape index (κ2) is 12.3. The maximum atomic E-state index is 13.5. The van der Waals surface area contributed by atoms with E-state index in [1.54, 1.807) is 17.0 Å². The van der Waals surface area contributed by atoms with Crippen LogP contribution in [0.2, 0.25) is 0 Å². The number of amides is 1. The van der Waals surface area contributed by atoms with Crippen molar-refractivity contribution in [2.24, 2.45) is 0 Å². The molecule has 7 nitrogen and oxygen atoms in total. The molecule has 210 valence electrons. The number of Topliss-reactive ketones (excluding diaryl/α,β-unsaturated/α-hetero) is 1. The van der Waals surface area contributed by atoms with Crippen molar-refractivity contribution >= 4 is 17.4 Å². The van der Waals surface area contributed by atoms with Crippen LogP contribution in [0.25, 0.3) is 5.76 Å². The maximum absolute atomic E-state index is 13.5. The molecule has 1 N–H and O–H groups in total. The molecule has 0 aliphatic carbocycles. The Morgan fingerprint density at radius 2 is 1.74 bits per heavy atom. The minimum absolute atomic E-state index is 0.0306. The van der Waals surface area contributed by atoms with E-state index >= 15 is 0 Å². The Morgan fingerprint density at radius 1 is 1.05 bits per heavy atom. The first-order chi connectivity index (χ1) is 18.6.